The van der Waals surface area contributed by atoms with E-state index in [4.69, 9.17) is 5.73 Å². The molecule has 1 spiro atoms. The fourth-order valence-corrected chi connectivity index (χ4v) is 7.14. The van der Waals surface area contributed by atoms with Crippen molar-refractivity contribution in [2.75, 3.05) is 26.7 Å². The lowest BCUT2D eigenvalue weighted by Crippen LogP contribution is -2.73. The Labute approximate surface area is 189 Å². The van der Waals surface area contributed by atoms with Crippen LogP contribution in [0.4, 0.5) is 4.79 Å². The van der Waals surface area contributed by atoms with Crippen molar-refractivity contribution in [2.24, 2.45) is 5.73 Å². The van der Waals surface area contributed by atoms with E-state index in [2.05, 4.69) is 10.2 Å². The summed E-state index contributed by atoms with van der Waals surface area (Å²) in [5.74, 6) is -0.849. The number of imide groups is 1. The fraction of sp³-hybridized carbons (Fsp3) is 0.625. The van der Waals surface area contributed by atoms with Crippen LogP contribution in [0.25, 0.3) is 0 Å². The molecule has 8 nitrogen and oxygen atoms in total. The van der Waals surface area contributed by atoms with E-state index < -0.39 is 23.0 Å². The van der Waals surface area contributed by atoms with E-state index in [9.17, 15) is 19.5 Å². The van der Waals surface area contributed by atoms with E-state index in [-0.39, 0.29) is 30.3 Å². The largest absolute Gasteiger partial charge is 0.387 e. The van der Waals surface area contributed by atoms with Gasteiger partial charge in [0.2, 0.25) is 11.8 Å². The number of likely N-dealkylation sites (N-methyl/N-ethyl adjacent to an activating group) is 1. The predicted octanol–water partition coefficient (Wildman–Crippen LogP) is 1.49. The van der Waals surface area contributed by atoms with Crippen LogP contribution in [0, 0.1) is 0 Å². The number of aliphatic hydroxyl groups is 1. The van der Waals surface area contributed by atoms with E-state index in [1.165, 1.54) is 4.90 Å². The number of amides is 4. The molecule has 0 aromatic heterocycles. The monoisotopic (exact) mass is 442 g/mol. The third kappa shape index (κ3) is 2.72. The highest BCUT2D eigenvalue weighted by molar-refractivity contribution is 5.96. The van der Waals surface area contributed by atoms with E-state index in [1.807, 2.05) is 27.0 Å². The van der Waals surface area contributed by atoms with Gasteiger partial charge in [-0.15, -0.1) is 0 Å². The summed E-state index contributed by atoms with van der Waals surface area (Å²) in [5, 5.41) is 15.0. The summed E-state index contributed by atoms with van der Waals surface area (Å²) < 4.78 is 0. The first-order valence-corrected chi connectivity index (χ1v) is 11.6. The number of nitrogens with one attached hydrogen (secondary N) is 1. The Hall–Kier alpha value is -2.45. The molecule has 1 aromatic carbocycles. The molecule has 2 aliphatic carbocycles. The van der Waals surface area contributed by atoms with Crippen LogP contribution < -0.4 is 11.1 Å². The molecule has 0 radical (unpaired) electrons. The molecule has 1 saturated heterocycles. The average Bonchev–Trinajstić information content (AvgIpc) is 3.09. The fourth-order valence-electron chi connectivity index (χ4n) is 7.14. The van der Waals surface area contributed by atoms with Gasteiger partial charge in [-0.2, -0.15) is 0 Å². The van der Waals surface area contributed by atoms with E-state index >= 15 is 0 Å². The van der Waals surface area contributed by atoms with Gasteiger partial charge in [0.1, 0.15) is 0 Å². The summed E-state index contributed by atoms with van der Waals surface area (Å²) in [6.07, 6.45) is 1.92. The number of fused-ring (bicyclic) bond motifs is 3. The summed E-state index contributed by atoms with van der Waals surface area (Å²) in [6.45, 7) is 7.06. The maximum absolute atomic E-state index is 13.5. The van der Waals surface area contributed by atoms with Crippen LogP contribution in [0.3, 0.4) is 0 Å². The number of hydrogen-bond acceptors (Lipinski definition) is 5. The zero-order chi connectivity index (χ0) is 23.5. The van der Waals surface area contributed by atoms with Crippen LogP contribution in [0.15, 0.2) is 18.2 Å². The summed E-state index contributed by atoms with van der Waals surface area (Å²) in [6, 6.07) is 4.95. The Bertz CT molecular complexity index is 981. The highest BCUT2D eigenvalue weighted by Gasteiger charge is 2.79. The molecule has 1 heterocycles. The third-order valence-electron chi connectivity index (χ3n) is 8.02. The predicted molar refractivity (Wildman–Crippen MR) is 120 cm³/mol. The maximum Gasteiger partial charge on any atom is 0.324 e. The van der Waals surface area contributed by atoms with E-state index in [1.54, 1.807) is 19.1 Å². The smallest absolute Gasteiger partial charge is 0.324 e. The normalized spacial score (nSPS) is 32.1. The number of rotatable bonds is 7. The first-order chi connectivity index (χ1) is 15.1. The molecule has 32 heavy (non-hydrogen) atoms. The van der Waals surface area contributed by atoms with Crippen molar-refractivity contribution in [2.45, 2.75) is 68.9 Å². The summed E-state index contributed by atoms with van der Waals surface area (Å²) in [7, 11) is 2.01. The molecule has 4 rings (SSSR count). The van der Waals surface area contributed by atoms with Crippen molar-refractivity contribution in [3.05, 3.63) is 34.9 Å². The molecule has 4 unspecified atom stereocenters. The molecule has 8 heteroatoms. The number of likely N-dealkylation sites (tertiary alicyclic amines) is 1. The zero-order valence-corrected chi connectivity index (χ0v) is 19.4. The van der Waals surface area contributed by atoms with Crippen LogP contribution in [0.5, 0.6) is 0 Å². The van der Waals surface area contributed by atoms with Crippen molar-refractivity contribution < 1.29 is 19.5 Å². The van der Waals surface area contributed by atoms with Gasteiger partial charge in [-0.05, 0) is 57.0 Å². The number of carbonyl (C=O) groups is 3. The molecule has 1 aliphatic heterocycles. The molecule has 3 aliphatic rings. The Balaban J connectivity index is 1.86. The van der Waals surface area contributed by atoms with Gasteiger partial charge in [-0.1, -0.05) is 19.4 Å². The van der Waals surface area contributed by atoms with Crippen LogP contribution in [-0.2, 0) is 15.6 Å². The second kappa shape index (κ2) is 7.56. The lowest BCUT2D eigenvalue weighted by atomic mass is 9.58. The second-order valence-corrected chi connectivity index (χ2v) is 9.68. The SMILES string of the molecule is CCCC1(O)C2N(C)CC23CC1(CC(=O)N(CC)C(=O)NCC)c1cc(C(N)=O)ccc13. The summed E-state index contributed by atoms with van der Waals surface area (Å²) in [5.41, 5.74) is 5.61. The minimum Gasteiger partial charge on any atom is -0.387 e. The van der Waals surface area contributed by atoms with Gasteiger partial charge >= 0.3 is 6.03 Å². The highest BCUT2D eigenvalue weighted by atomic mass is 16.3. The van der Waals surface area contributed by atoms with E-state index in [0.717, 1.165) is 24.1 Å². The molecule has 4 atom stereocenters. The average molecular weight is 443 g/mol. The molecule has 2 bridgehead atoms. The van der Waals surface area contributed by atoms with E-state index in [0.29, 0.717) is 24.9 Å². The van der Waals surface area contributed by atoms with Gasteiger partial charge in [0.25, 0.3) is 0 Å². The third-order valence-corrected chi connectivity index (χ3v) is 8.02. The molecular formula is C24H34N4O4. The minimum absolute atomic E-state index is 0.00970. The first-order valence-electron chi connectivity index (χ1n) is 11.6. The molecule has 4 amide bonds. The Morgan fingerprint density at radius 3 is 2.53 bits per heavy atom. The topological polar surface area (TPSA) is 116 Å². The van der Waals surface area contributed by atoms with Crippen LogP contribution in [0.2, 0.25) is 0 Å². The molecule has 2 fully saturated rings. The first kappa shape index (κ1) is 22.7. The number of hydrogen-bond donors (Lipinski definition) is 3. The van der Waals surface area contributed by atoms with Crippen molar-refractivity contribution in [3.63, 3.8) is 0 Å². The van der Waals surface area contributed by atoms with Crippen LogP contribution >= 0.6 is 0 Å². The Morgan fingerprint density at radius 2 is 1.97 bits per heavy atom. The summed E-state index contributed by atoms with van der Waals surface area (Å²) >= 11 is 0. The number of urea groups is 1. The zero-order valence-electron chi connectivity index (χ0n) is 19.4. The molecule has 174 valence electrons. The van der Waals surface area contributed by atoms with Crippen molar-refractivity contribution >= 4 is 17.8 Å². The highest BCUT2D eigenvalue weighted by Crippen LogP contribution is 2.72. The van der Waals surface area contributed by atoms with Gasteiger partial charge in [0.05, 0.1) is 5.60 Å². The van der Waals surface area contributed by atoms with Crippen LogP contribution in [0.1, 0.15) is 67.9 Å². The molecular weight excluding hydrogens is 408 g/mol. The number of nitrogens with two attached hydrogens (primary N) is 1. The van der Waals surface area contributed by atoms with Crippen molar-refractivity contribution in [3.8, 4) is 0 Å². The number of nitrogens with zero attached hydrogens (tertiary/aromatic N) is 2. The Kier molecular flexibility index (Phi) is 5.37. The molecule has 1 aromatic rings. The van der Waals surface area contributed by atoms with Gasteiger partial charge in [-0.3, -0.25) is 19.4 Å². The number of carbonyl (C=O) groups excluding carboxylic acids is 3. The number of benzene rings is 1. The standard InChI is InChI=1S/C24H34N4O4/c1-5-10-24(32)20-22(14-27(20)4)13-23(24,12-18(29)28(7-3)21(31)26-6-2)17-11-15(19(25)30)8-9-16(17)22/h8-9,11,20,32H,5-7,10,12-14H2,1-4H3,(H2,25,30)(H,26,31). The van der Waals surface area contributed by atoms with Crippen molar-refractivity contribution in [1.82, 2.24) is 15.1 Å². The lowest BCUT2D eigenvalue weighted by Gasteiger charge is -2.60. The van der Waals surface area contributed by atoms with Crippen LogP contribution in [-0.4, -0.2) is 71.1 Å². The Morgan fingerprint density at radius 1 is 1.25 bits per heavy atom. The van der Waals surface area contributed by atoms with Gasteiger partial charge in [0.15, 0.2) is 0 Å². The number of primary amides is 1. The lowest BCUT2D eigenvalue weighted by molar-refractivity contribution is -0.143. The van der Waals surface area contributed by atoms with Gasteiger partial charge < -0.3 is 16.2 Å². The quantitative estimate of drug-likeness (QED) is 0.592. The van der Waals surface area contributed by atoms with Gasteiger partial charge in [-0.25, -0.2) is 4.79 Å². The second-order valence-electron chi connectivity index (χ2n) is 9.68. The maximum atomic E-state index is 13.5. The molecule has 4 N–H and O–H groups in total. The minimum atomic E-state index is -1.14. The van der Waals surface area contributed by atoms with Gasteiger partial charge in [0, 0.05) is 48.5 Å². The summed E-state index contributed by atoms with van der Waals surface area (Å²) in [4.78, 5) is 41.4. The molecule has 1 saturated carbocycles. The van der Waals surface area contributed by atoms with Crippen molar-refractivity contribution in [1.29, 1.82) is 0 Å².